The number of non-ortho nitro benzene ring substituents is 1. The minimum atomic E-state index is -0.621. The van der Waals surface area contributed by atoms with Gasteiger partial charge in [-0.2, -0.15) is 0 Å². The number of nitro benzene ring substituents is 1. The van der Waals surface area contributed by atoms with Crippen LogP contribution in [0.25, 0.3) is 0 Å². The molecule has 0 saturated carbocycles. The topological polar surface area (TPSA) is 72.7 Å². The monoisotopic (exact) mass is 298 g/mol. The summed E-state index contributed by atoms with van der Waals surface area (Å²) in [6.45, 7) is 3.88. The number of hydrogen-bond donors (Lipinski definition) is 0. The smallest absolute Gasteiger partial charge is 0.270 e. The Balaban J connectivity index is 2.33. The summed E-state index contributed by atoms with van der Waals surface area (Å²) in [5, 5.41) is 10.9. The minimum Gasteiger partial charge on any atom is -0.353 e. The highest BCUT2D eigenvalue weighted by atomic mass is 35.5. The Morgan fingerprint density at radius 2 is 2.15 bits per heavy atom. The van der Waals surface area contributed by atoms with Crippen molar-refractivity contribution in [2.75, 3.05) is 13.7 Å². The van der Waals surface area contributed by atoms with E-state index in [0.717, 1.165) is 0 Å². The van der Waals surface area contributed by atoms with Gasteiger partial charge in [-0.05, 0) is 19.9 Å². The number of amides is 1. The lowest BCUT2D eigenvalue weighted by molar-refractivity contribution is -0.384. The van der Waals surface area contributed by atoms with Gasteiger partial charge in [-0.25, -0.2) is 0 Å². The van der Waals surface area contributed by atoms with Gasteiger partial charge in [0.1, 0.15) is 0 Å². The molecule has 20 heavy (non-hydrogen) atoms. The Morgan fingerprint density at radius 3 is 2.70 bits per heavy atom. The summed E-state index contributed by atoms with van der Waals surface area (Å²) in [4.78, 5) is 23.9. The molecule has 0 N–H and O–H groups in total. The highest BCUT2D eigenvalue weighted by Gasteiger charge is 2.41. The molecule has 0 aliphatic carbocycles. The Hall–Kier alpha value is -1.66. The van der Waals surface area contributed by atoms with Crippen LogP contribution in [0.2, 0.25) is 5.02 Å². The maximum absolute atomic E-state index is 12.2. The predicted octanol–water partition coefficient (Wildman–Crippen LogP) is 2.76. The number of halogens is 1. The van der Waals surface area contributed by atoms with Crippen LogP contribution in [0, 0.1) is 15.5 Å². The summed E-state index contributed by atoms with van der Waals surface area (Å²) in [5.74, 6) is -0.0526. The molecule has 1 heterocycles. The molecule has 1 fully saturated rings. The number of ether oxygens (including phenoxy) is 1. The zero-order valence-electron chi connectivity index (χ0n) is 11.4. The molecule has 108 valence electrons. The molecule has 1 amide bonds. The largest absolute Gasteiger partial charge is 0.353 e. The van der Waals surface area contributed by atoms with Crippen LogP contribution in [0.5, 0.6) is 0 Å². The summed E-state index contributed by atoms with van der Waals surface area (Å²) in [6, 6.07) is 4.13. The average molecular weight is 299 g/mol. The molecule has 1 atom stereocenters. The Bertz CT molecular complexity index is 573. The van der Waals surface area contributed by atoms with Crippen LogP contribution in [0.15, 0.2) is 18.2 Å². The minimum absolute atomic E-state index is 0.0526. The van der Waals surface area contributed by atoms with E-state index in [0.29, 0.717) is 5.56 Å². The molecule has 0 bridgehead atoms. The molecule has 2 rings (SSSR count). The maximum atomic E-state index is 12.2. The molecule has 1 aliphatic heterocycles. The van der Waals surface area contributed by atoms with Gasteiger partial charge in [-0.3, -0.25) is 14.9 Å². The van der Waals surface area contributed by atoms with Gasteiger partial charge in [0, 0.05) is 24.7 Å². The van der Waals surface area contributed by atoms with Crippen LogP contribution in [0.1, 0.15) is 25.6 Å². The Morgan fingerprint density at radius 1 is 1.50 bits per heavy atom. The third-order valence-corrected chi connectivity index (χ3v) is 3.64. The van der Waals surface area contributed by atoms with Crippen molar-refractivity contribution in [3.63, 3.8) is 0 Å². The first kappa shape index (κ1) is 14.7. The molecule has 0 radical (unpaired) electrons. The summed E-state index contributed by atoms with van der Waals surface area (Å²) in [7, 11) is 1.63. The van der Waals surface area contributed by atoms with E-state index in [2.05, 4.69) is 0 Å². The van der Waals surface area contributed by atoms with E-state index in [4.69, 9.17) is 16.3 Å². The number of carbonyl (C=O) groups excluding carboxylic acids is 1. The van der Waals surface area contributed by atoms with Crippen LogP contribution in [0.4, 0.5) is 5.69 Å². The summed E-state index contributed by atoms with van der Waals surface area (Å²) in [6.07, 6.45) is -0.621. The molecule has 1 aliphatic rings. The fourth-order valence-electron chi connectivity index (χ4n) is 2.17. The lowest BCUT2D eigenvalue weighted by Crippen LogP contribution is -2.49. The van der Waals surface area contributed by atoms with E-state index in [1.165, 1.54) is 23.1 Å². The highest BCUT2D eigenvalue weighted by molar-refractivity contribution is 6.31. The number of nitro groups is 1. The van der Waals surface area contributed by atoms with Gasteiger partial charge in [0.15, 0.2) is 6.23 Å². The van der Waals surface area contributed by atoms with Crippen LogP contribution in [-0.4, -0.2) is 29.4 Å². The maximum Gasteiger partial charge on any atom is 0.270 e. The van der Waals surface area contributed by atoms with Gasteiger partial charge in [0.05, 0.1) is 22.0 Å². The average Bonchev–Trinajstić information content (AvgIpc) is 2.37. The second kappa shape index (κ2) is 5.03. The number of carbonyl (C=O) groups is 1. The van der Waals surface area contributed by atoms with Gasteiger partial charge in [-0.1, -0.05) is 11.6 Å². The number of nitrogens with zero attached hydrogens (tertiary/aromatic N) is 2. The first-order valence-corrected chi connectivity index (χ1v) is 6.44. The lowest BCUT2D eigenvalue weighted by Gasteiger charge is -2.41. The molecule has 0 aromatic heterocycles. The second-order valence-corrected chi connectivity index (χ2v) is 5.83. The third kappa shape index (κ3) is 2.48. The van der Waals surface area contributed by atoms with Crippen molar-refractivity contribution in [3.8, 4) is 0 Å². The van der Waals surface area contributed by atoms with Crippen molar-refractivity contribution in [1.29, 1.82) is 0 Å². The SMILES string of the molecule is CN1C(=O)C(C)(C)COC1c1ccc([N+](=O)[O-])cc1Cl. The van der Waals surface area contributed by atoms with E-state index in [9.17, 15) is 14.9 Å². The molecule has 0 spiro atoms. The van der Waals surface area contributed by atoms with Gasteiger partial charge in [0.2, 0.25) is 5.91 Å². The summed E-state index contributed by atoms with van der Waals surface area (Å²) < 4.78 is 5.69. The Labute approximate surface area is 121 Å². The van der Waals surface area contributed by atoms with Gasteiger partial charge in [-0.15, -0.1) is 0 Å². The molecule has 1 aromatic carbocycles. The van der Waals surface area contributed by atoms with E-state index in [1.54, 1.807) is 20.9 Å². The number of rotatable bonds is 2. The number of hydrogen-bond acceptors (Lipinski definition) is 4. The van der Waals surface area contributed by atoms with E-state index < -0.39 is 16.6 Å². The van der Waals surface area contributed by atoms with Crippen molar-refractivity contribution in [2.45, 2.75) is 20.1 Å². The van der Waals surface area contributed by atoms with Gasteiger partial charge >= 0.3 is 0 Å². The molecule has 1 aromatic rings. The van der Waals surface area contributed by atoms with Crippen LogP contribution in [-0.2, 0) is 9.53 Å². The van der Waals surface area contributed by atoms with E-state index in [-0.39, 0.29) is 23.2 Å². The normalized spacial score (nSPS) is 21.9. The molecule has 7 heteroatoms. The van der Waals surface area contributed by atoms with Crippen molar-refractivity contribution >= 4 is 23.2 Å². The lowest BCUT2D eigenvalue weighted by atomic mass is 9.91. The fourth-order valence-corrected chi connectivity index (χ4v) is 2.44. The first-order valence-electron chi connectivity index (χ1n) is 6.07. The van der Waals surface area contributed by atoms with Crippen molar-refractivity contribution in [1.82, 2.24) is 4.90 Å². The van der Waals surface area contributed by atoms with Crippen molar-refractivity contribution in [2.24, 2.45) is 5.41 Å². The van der Waals surface area contributed by atoms with Crippen molar-refractivity contribution in [3.05, 3.63) is 38.9 Å². The summed E-state index contributed by atoms with van der Waals surface area (Å²) in [5.41, 5.74) is -0.133. The van der Waals surface area contributed by atoms with Crippen LogP contribution < -0.4 is 0 Å². The van der Waals surface area contributed by atoms with Gasteiger partial charge in [0.25, 0.3) is 5.69 Å². The number of benzene rings is 1. The second-order valence-electron chi connectivity index (χ2n) is 5.43. The van der Waals surface area contributed by atoms with Crippen LogP contribution in [0.3, 0.4) is 0 Å². The molecule has 1 unspecified atom stereocenters. The van der Waals surface area contributed by atoms with Crippen LogP contribution >= 0.6 is 11.6 Å². The highest BCUT2D eigenvalue weighted by Crippen LogP contribution is 2.37. The summed E-state index contributed by atoms with van der Waals surface area (Å²) >= 11 is 6.07. The first-order chi connectivity index (χ1) is 9.24. The molecular formula is C13H15ClN2O4. The molecule has 6 nitrogen and oxygen atoms in total. The van der Waals surface area contributed by atoms with E-state index >= 15 is 0 Å². The van der Waals surface area contributed by atoms with E-state index in [1.807, 2.05) is 0 Å². The van der Waals surface area contributed by atoms with Gasteiger partial charge < -0.3 is 9.64 Å². The third-order valence-electron chi connectivity index (χ3n) is 3.31. The standard InChI is InChI=1S/C13H15ClN2O4/c1-13(2)7-20-11(15(3)12(13)17)9-5-4-8(16(18)19)6-10(9)14/h4-6,11H,7H2,1-3H3. The molecule has 1 saturated heterocycles. The zero-order valence-corrected chi connectivity index (χ0v) is 12.2. The zero-order chi connectivity index (χ0) is 15.1. The Kier molecular flexibility index (Phi) is 3.71. The predicted molar refractivity (Wildman–Crippen MR) is 73.4 cm³/mol. The quantitative estimate of drug-likeness (QED) is 0.621. The fraction of sp³-hybridized carbons (Fsp3) is 0.462. The molecular weight excluding hydrogens is 284 g/mol. The van der Waals surface area contributed by atoms with Crippen molar-refractivity contribution < 1.29 is 14.5 Å².